The lowest BCUT2D eigenvalue weighted by atomic mass is 9.96. The Balaban J connectivity index is 2.50. The largest absolute Gasteiger partial charge is 0.381 e. The molecule has 0 unspecified atom stereocenters. The van der Waals surface area contributed by atoms with Crippen molar-refractivity contribution in [2.75, 3.05) is 20.3 Å². The van der Waals surface area contributed by atoms with Crippen molar-refractivity contribution in [3.63, 3.8) is 0 Å². The third-order valence-electron chi connectivity index (χ3n) is 3.31. The average Bonchev–Trinajstić information content (AvgIpc) is 2.77. The van der Waals surface area contributed by atoms with E-state index in [9.17, 15) is 4.79 Å². The van der Waals surface area contributed by atoms with E-state index in [0.717, 1.165) is 19.6 Å². The summed E-state index contributed by atoms with van der Waals surface area (Å²) in [5.41, 5.74) is 0. The Morgan fingerprint density at radius 1 is 1.38 bits per heavy atom. The average molecular weight is 228 g/mol. The molecule has 0 aromatic carbocycles. The number of ether oxygens (including phenoxy) is 1. The van der Waals surface area contributed by atoms with Crippen molar-refractivity contribution in [2.24, 2.45) is 11.8 Å². The minimum absolute atomic E-state index is 0.0702. The SMILES string of the molecule is CNC(=O)[C@H](N[C@H](C)[C@H]1CCOC1)C(C)C. The van der Waals surface area contributed by atoms with Gasteiger partial charge in [-0.25, -0.2) is 0 Å². The van der Waals surface area contributed by atoms with Gasteiger partial charge >= 0.3 is 0 Å². The maximum atomic E-state index is 11.7. The zero-order valence-corrected chi connectivity index (χ0v) is 10.7. The number of nitrogens with one attached hydrogen (secondary N) is 2. The smallest absolute Gasteiger partial charge is 0.237 e. The Bertz CT molecular complexity index is 225. The van der Waals surface area contributed by atoms with Gasteiger partial charge in [-0.3, -0.25) is 4.79 Å². The molecule has 1 amide bonds. The van der Waals surface area contributed by atoms with Crippen LogP contribution < -0.4 is 10.6 Å². The Morgan fingerprint density at radius 3 is 2.50 bits per heavy atom. The summed E-state index contributed by atoms with van der Waals surface area (Å²) in [4.78, 5) is 11.7. The van der Waals surface area contributed by atoms with Crippen LogP contribution in [0.2, 0.25) is 0 Å². The predicted molar refractivity (Wildman–Crippen MR) is 64.2 cm³/mol. The Kier molecular flexibility index (Phi) is 5.22. The molecule has 16 heavy (non-hydrogen) atoms. The van der Waals surface area contributed by atoms with Crippen LogP contribution in [-0.4, -0.2) is 38.3 Å². The van der Waals surface area contributed by atoms with Gasteiger partial charge in [0.2, 0.25) is 5.91 Å². The molecule has 0 radical (unpaired) electrons. The maximum Gasteiger partial charge on any atom is 0.237 e. The second-order valence-corrected chi connectivity index (χ2v) is 4.91. The monoisotopic (exact) mass is 228 g/mol. The maximum absolute atomic E-state index is 11.7. The minimum Gasteiger partial charge on any atom is -0.381 e. The van der Waals surface area contributed by atoms with Crippen LogP contribution in [0.3, 0.4) is 0 Å². The number of likely N-dealkylation sites (N-methyl/N-ethyl adjacent to an activating group) is 1. The van der Waals surface area contributed by atoms with Crippen LogP contribution in [0, 0.1) is 11.8 Å². The van der Waals surface area contributed by atoms with Gasteiger partial charge in [-0.15, -0.1) is 0 Å². The number of amides is 1. The van der Waals surface area contributed by atoms with E-state index in [1.807, 2.05) is 0 Å². The quantitative estimate of drug-likeness (QED) is 0.731. The molecular weight excluding hydrogens is 204 g/mol. The number of carbonyl (C=O) groups is 1. The fourth-order valence-corrected chi connectivity index (χ4v) is 2.09. The van der Waals surface area contributed by atoms with Crippen molar-refractivity contribution >= 4 is 5.91 Å². The highest BCUT2D eigenvalue weighted by Gasteiger charge is 2.28. The molecule has 0 aromatic heterocycles. The molecule has 1 heterocycles. The summed E-state index contributed by atoms with van der Waals surface area (Å²) >= 11 is 0. The standard InChI is InChI=1S/C12H24N2O2/c1-8(2)11(12(15)13-4)14-9(3)10-5-6-16-7-10/h8-11,14H,5-7H2,1-4H3,(H,13,15)/t9-,10+,11-/m1/s1. The van der Waals surface area contributed by atoms with Gasteiger partial charge in [0.05, 0.1) is 12.6 Å². The highest BCUT2D eigenvalue weighted by atomic mass is 16.5. The summed E-state index contributed by atoms with van der Waals surface area (Å²) in [6.07, 6.45) is 1.09. The van der Waals surface area contributed by atoms with Gasteiger partial charge in [0, 0.05) is 19.7 Å². The van der Waals surface area contributed by atoms with Crippen molar-refractivity contribution in [3.05, 3.63) is 0 Å². The highest BCUT2D eigenvalue weighted by molar-refractivity contribution is 5.81. The van der Waals surface area contributed by atoms with Crippen LogP contribution >= 0.6 is 0 Å². The topological polar surface area (TPSA) is 50.4 Å². The number of hydrogen-bond acceptors (Lipinski definition) is 3. The van der Waals surface area contributed by atoms with E-state index in [1.165, 1.54) is 0 Å². The summed E-state index contributed by atoms with van der Waals surface area (Å²) in [5, 5.41) is 6.13. The molecule has 1 rings (SSSR count). The van der Waals surface area contributed by atoms with Gasteiger partial charge < -0.3 is 15.4 Å². The molecule has 4 heteroatoms. The van der Waals surface area contributed by atoms with E-state index in [0.29, 0.717) is 17.9 Å². The molecule has 0 bridgehead atoms. The van der Waals surface area contributed by atoms with Gasteiger partial charge in [0.1, 0.15) is 0 Å². The van der Waals surface area contributed by atoms with Gasteiger partial charge in [0.15, 0.2) is 0 Å². The van der Waals surface area contributed by atoms with E-state index in [1.54, 1.807) is 7.05 Å². The number of rotatable bonds is 5. The van der Waals surface area contributed by atoms with Gasteiger partial charge in [0.25, 0.3) is 0 Å². The first-order valence-corrected chi connectivity index (χ1v) is 6.11. The fraction of sp³-hybridized carbons (Fsp3) is 0.917. The lowest BCUT2D eigenvalue weighted by Crippen LogP contribution is -2.51. The molecule has 0 aromatic rings. The Hall–Kier alpha value is -0.610. The molecule has 0 spiro atoms. The van der Waals surface area contributed by atoms with Crippen LogP contribution in [0.5, 0.6) is 0 Å². The lowest BCUT2D eigenvalue weighted by Gasteiger charge is -2.27. The highest BCUT2D eigenvalue weighted by Crippen LogP contribution is 2.17. The van der Waals surface area contributed by atoms with Crippen LogP contribution in [0.25, 0.3) is 0 Å². The van der Waals surface area contributed by atoms with Crippen LogP contribution in [0.15, 0.2) is 0 Å². The van der Waals surface area contributed by atoms with Crippen LogP contribution in [0.1, 0.15) is 27.2 Å². The number of carbonyl (C=O) groups excluding carboxylic acids is 1. The van der Waals surface area contributed by atoms with E-state index in [-0.39, 0.29) is 11.9 Å². The second-order valence-electron chi connectivity index (χ2n) is 4.91. The van der Waals surface area contributed by atoms with Crippen LogP contribution in [-0.2, 0) is 9.53 Å². The summed E-state index contributed by atoms with van der Waals surface area (Å²) < 4.78 is 5.37. The first-order valence-electron chi connectivity index (χ1n) is 6.11. The predicted octanol–water partition coefficient (Wildman–Crippen LogP) is 0.772. The van der Waals surface area contributed by atoms with Crippen molar-refractivity contribution in [1.29, 1.82) is 0 Å². The van der Waals surface area contributed by atoms with Crippen molar-refractivity contribution < 1.29 is 9.53 Å². The normalized spacial score (nSPS) is 24.4. The second kappa shape index (κ2) is 6.21. The van der Waals surface area contributed by atoms with Crippen LogP contribution in [0.4, 0.5) is 0 Å². The molecule has 1 aliphatic rings. The van der Waals surface area contributed by atoms with Gasteiger partial charge in [-0.2, -0.15) is 0 Å². The Morgan fingerprint density at radius 2 is 2.06 bits per heavy atom. The molecule has 4 nitrogen and oxygen atoms in total. The van der Waals surface area contributed by atoms with Crippen molar-refractivity contribution in [3.8, 4) is 0 Å². The molecule has 1 saturated heterocycles. The molecule has 2 N–H and O–H groups in total. The zero-order valence-electron chi connectivity index (χ0n) is 10.7. The summed E-state index contributed by atoms with van der Waals surface area (Å²) in [5.74, 6) is 0.899. The van der Waals surface area contributed by atoms with Crippen molar-refractivity contribution in [1.82, 2.24) is 10.6 Å². The van der Waals surface area contributed by atoms with E-state index in [2.05, 4.69) is 31.4 Å². The molecular formula is C12H24N2O2. The molecule has 3 atom stereocenters. The third-order valence-corrected chi connectivity index (χ3v) is 3.31. The summed E-state index contributed by atoms with van der Waals surface area (Å²) in [6.45, 7) is 7.92. The minimum atomic E-state index is -0.111. The molecule has 1 fully saturated rings. The zero-order chi connectivity index (χ0) is 12.1. The first kappa shape index (κ1) is 13.5. The Labute approximate surface area is 98.1 Å². The number of hydrogen-bond donors (Lipinski definition) is 2. The van der Waals surface area contributed by atoms with Gasteiger partial charge in [-0.1, -0.05) is 13.8 Å². The third kappa shape index (κ3) is 3.46. The van der Waals surface area contributed by atoms with Gasteiger partial charge in [-0.05, 0) is 25.2 Å². The molecule has 1 aliphatic heterocycles. The van der Waals surface area contributed by atoms with E-state index >= 15 is 0 Å². The summed E-state index contributed by atoms with van der Waals surface area (Å²) in [7, 11) is 1.68. The summed E-state index contributed by atoms with van der Waals surface area (Å²) in [6, 6.07) is 0.216. The lowest BCUT2D eigenvalue weighted by molar-refractivity contribution is -0.124. The fourth-order valence-electron chi connectivity index (χ4n) is 2.09. The van der Waals surface area contributed by atoms with E-state index < -0.39 is 0 Å². The first-order chi connectivity index (χ1) is 7.56. The molecule has 94 valence electrons. The van der Waals surface area contributed by atoms with E-state index in [4.69, 9.17) is 4.74 Å². The van der Waals surface area contributed by atoms with Crippen molar-refractivity contribution in [2.45, 2.75) is 39.3 Å². The molecule has 0 saturated carbocycles. The molecule has 0 aliphatic carbocycles.